The molecule has 0 N–H and O–H groups in total. The van der Waals surface area contributed by atoms with Crippen molar-refractivity contribution in [2.45, 2.75) is 18.4 Å². The van der Waals surface area contributed by atoms with Gasteiger partial charge < -0.3 is 0 Å². The van der Waals surface area contributed by atoms with Crippen LogP contribution in [0.3, 0.4) is 0 Å². The van der Waals surface area contributed by atoms with Gasteiger partial charge in [-0.05, 0) is 24.0 Å². The van der Waals surface area contributed by atoms with Crippen molar-refractivity contribution in [1.82, 2.24) is 14.9 Å². The van der Waals surface area contributed by atoms with Crippen LogP contribution in [0.25, 0.3) is 0 Å². The molecule has 3 heteroatoms. The Morgan fingerprint density at radius 3 is 2.68 bits per heavy atom. The van der Waals surface area contributed by atoms with E-state index < -0.39 is 0 Å². The fourth-order valence-electron chi connectivity index (χ4n) is 3.45. The average Bonchev–Trinajstić information content (AvgIpc) is 3.04. The average molecular weight is 251 g/mol. The highest BCUT2D eigenvalue weighted by molar-refractivity contribution is 5.28. The predicted molar refractivity (Wildman–Crippen MR) is 73.5 cm³/mol. The number of nitrogens with zero attached hydrogens (tertiary/aromatic N) is 3. The number of rotatable bonds is 3. The summed E-state index contributed by atoms with van der Waals surface area (Å²) in [6.07, 6.45) is 5.00. The van der Waals surface area contributed by atoms with Gasteiger partial charge in [-0.3, -0.25) is 4.90 Å². The predicted octanol–water partition coefficient (Wildman–Crippen LogP) is 2.25. The number of hydrogen-bond acceptors (Lipinski definition) is 3. The third kappa shape index (κ3) is 1.85. The summed E-state index contributed by atoms with van der Waals surface area (Å²) in [7, 11) is 0. The molecule has 1 aromatic heterocycles. The van der Waals surface area contributed by atoms with E-state index in [1.54, 1.807) is 0 Å². The largest absolute Gasteiger partial charge is 0.298 e. The summed E-state index contributed by atoms with van der Waals surface area (Å²) in [5.74, 6) is 1.81. The molecule has 1 aliphatic carbocycles. The molecule has 1 saturated heterocycles. The van der Waals surface area contributed by atoms with E-state index in [2.05, 4.69) is 45.2 Å². The lowest BCUT2D eigenvalue weighted by molar-refractivity contribution is 0.288. The summed E-state index contributed by atoms with van der Waals surface area (Å²) in [6, 6.07) is 12.6. The Balaban J connectivity index is 1.50. The van der Waals surface area contributed by atoms with E-state index in [1.807, 2.05) is 18.5 Å². The Morgan fingerprint density at radius 1 is 1.11 bits per heavy atom. The Bertz CT molecular complexity index is 569. The van der Waals surface area contributed by atoms with E-state index in [1.165, 1.54) is 18.5 Å². The normalized spacial score (nSPS) is 29.2. The van der Waals surface area contributed by atoms with Gasteiger partial charge in [0.1, 0.15) is 5.82 Å². The molecule has 0 amide bonds. The van der Waals surface area contributed by atoms with E-state index in [0.29, 0.717) is 0 Å². The first-order chi connectivity index (χ1) is 9.37. The molecule has 0 spiro atoms. The summed E-state index contributed by atoms with van der Waals surface area (Å²) < 4.78 is 0. The van der Waals surface area contributed by atoms with Crippen LogP contribution in [0.1, 0.15) is 17.8 Å². The van der Waals surface area contributed by atoms with Crippen LogP contribution in [-0.2, 0) is 12.0 Å². The lowest BCUT2D eigenvalue weighted by Gasteiger charge is -2.20. The van der Waals surface area contributed by atoms with Crippen molar-refractivity contribution in [3.63, 3.8) is 0 Å². The van der Waals surface area contributed by atoms with Crippen molar-refractivity contribution in [2.24, 2.45) is 5.92 Å². The summed E-state index contributed by atoms with van der Waals surface area (Å²) in [6.45, 7) is 3.34. The van der Waals surface area contributed by atoms with Crippen LogP contribution < -0.4 is 0 Å². The molecule has 2 aromatic rings. The summed E-state index contributed by atoms with van der Waals surface area (Å²) in [5.41, 5.74) is 1.66. The molecule has 2 fully saturated rings. The zero-order valence-electron chi connectivity index (χ0n) is 10.9. The zero-order chi connectivity index (χ0) is 12.7. The molecule has 19 heavy (non-hydrogen) atoms. The third-order valence-electron chi connectivity index (χ3n) is 4.48. The van der Waals surface area contributed by atoms with Crippen LogP contribution in [0.5, 0.6) is 0 Å². The fraction of sp³-hybridized carbons (Fsp3) is 0.375. The van der Waals surface area contributed by atoms with Gasteiger partial charge >= 0.3 is 0 Å². The van der Waals surface area contributed by atoms with E-state index >= 15 is 0 Å². The molecule has 2 heterocycles. The minimum absolute atomic E-state index is 0.260. The molecule has 2 aliphatic rings. The van der Waals surface area contributed by atoms with Gasteiger partial charge in [-0.15, -0.1) is 0 Å². The van der Waals surface area contributed by atoms with E-state index in [0.717, 1.165) is 24.8 Å². The van der Waals surface area contributed by atoms with Crippen molar-refractivity contribution in [3.05, 3.63) is 60.2 Å². The summed E-state index contributed by atoms with van der Waals surface area (Å²) in [5, 5.41) is 0. The van der Waals surface area contributed by atoms with Crippen LogP contribution in [0.2, 0.25) is 0 Å². The maximum Gasteiger partial charge on any atom is 0.135 e. The minimum atomic E-state index is 0.260. The molecular weight excluding hydrogens is 234 g/mol. The van der Waals surface area contributed by atoms with Crippen molar-refractivity contribution in [3.8, 4) is 0 Å². The van der Waals surface area contributed by atoms with Gasteiger partial charge in [0.05, 0.1) is 0 Å². The highest BCUT2D eigenvalue weighted by atomic mass is 15.2. The quantitative estimate of drug-likeness (QED) is 0.838. The van der Waals surface area contributed by atoms with Crippen LogP contribution in [0.4, 0.5) is 0 Å². The second-order valence-electron chi connectivity index (χ2n) is 5.78. The molecule has 96 valence electrons. The molecular formula is C16H17N3. The Hall–Kier alpha value is -1.74. The number of hydrogen-bond donors (Lipinski definition) is 0. The Labute approximate surface area is 113 Å². The van der Waals surface area contributed by atoms with Gasteiger partial charge in [0.2, 0.25) is 0 Å². The van der Waals surface area contributed by atoms with Crippen LogP contribution in [0.15, 0.2) is 48.8 Å². The van der Waals surface area contributed by atoms with Crippen LogP contribution in [0, 0.1) is 5.92 Å². The van der Waals surface area contributed by atoms with Gasteiger partial charge in [-0.2, -0.15) is 0 Å². The first-order valence-corrected chi connectivity index (χ1v) is 6.91. The molecule has 1 aromatic carbocycles. The fourth-order valence-corrected chi connectivity index (χ4v) is 3.45. The summed E-state index contributed by atoms with van der Waals surface area (Å²) >= 11 is 0. The van der Waals surface area contributed by atoms with Gasteiger partial charge in [0, 0.05) is 37.4 Å². The van der Waals surface area contributed by atoms with Gasteiger partial charge in [-0.25, -0.2) is 9.97 Å². The molecule has 4 rings (SSSR count). The summed E-state index contributed by atoms with van der Waals surface area (Å²) in [4.78, 5) is 11.5. The second kappa shape index (κ2) is 4.14. The molecule has 1 saturated carbocycles. The van der Waals surface area contributed by atoms with Gasteiger partial charge in [0.25, 0.3) is 0 Å². The highest BCUT2D eigenvalue weighted by Crippen LogP contribution is 2.57. The van der Waals surface area contributed by atoms with Crippen molar-refractivity contribution < 1.29 is 0 Å². The number of piperidine rings is 1. The van der Waals surface area contributed by atoms with Crippen molar-refractivity contribution in [2.75, 3.05) is 13.1 Å². The first kappa shape index (κ1) is 11.1. The number of aromatic nitrogens is 2. The molecule has 2 atom stereocenters. The van der Waals surface area contributed by atoms with Gasteiger partial charge in [-0.1, -0.05) is 30.3 Å². The Kier molecular flexibility index (Phi) is 2.42. The monoisotopic (exact) mass is 251 g/mol. The van der Waals surface area contributed by atoms with Gasteiger partial charge in [0.15, 0.2) is 0 Å². The first-order valence-electron chi connectivity index (χ1n) is 6.91. The number of likely N-dealkylation sites (tertiary alicyclic amines) is 1. The smallest absolute Gasteiger partial charge is 0.135 e. The molecule has 0 radical (unpaired) electrons. The zero-order valence-corrected chi connectivity index (χ0v) is 10.9. The molecule has 0 bridgehead atoms. The topological polar surface area (TPSA) is 29.0 Å². The molecule has 3 nitrogen and oxygen atoms in total. The Morgan fingerprint density at radius 2 is 1.89 bits per heavy atom. The standard InChI is InChI=1S/C16H17N3/c1-2-5-13(6-3-1)10-19-11-14-9-16(14,12-19)15-17-7-4-8-18-15/h1-8,14H,9-12H2/t14-,16-/m1/s1. The minimum Gasteiger partial charge on any atom is -0.298 e. The van der Waals surface area contributed by atoms with E-state index in [4.69, 9.17) is 0 Å². The SMILES string of the molecule is c1ccc(CN2C[C@H]3C[C@@]3(c3ncccn3)C2)cc1. The number of fused-ring (bicyclic) bond motifs is 1. The highest BCUT2D eigenvalue weighted by Gasteiger charge is 2.62. The molecule has 0 unspecified atom stereocenters. The molecule has 1 aliphatic heterocycles. The maximum absolute atomic E-state index is 4.48. The van der Waals surface area contributed by atoms with E-state index in [-0.39, 0.29) is 5.41 Å². The van der Waals surface area contributed by atoms with Crippen molar-refractivity contribution >= 4 is 0 Å². The second-order valence-corrected chi connectivity index (χ2v) is 5.78. The van der Waals surface area contributed by atoms with E-state index in [9.17, 15) is 0 Å². The number of benzene rings is 1. The van der Waals surface area contributed by atoms with Crippen LogP contribution in [-0.4, -0.2) is 28.0 Å². The third-order valence-corrected chi connectivity index (χ3v) is 4.48. The maximum atomic E-state index is 4.48. The van der Waals surface area contributed by atoms with Crippen molar-refractivity contribution in [1.29, 1.82) is 0 Å². The lowest BCUT2D eigenvalue weighted by Crippen LogP contribution is -2.27. The lowest BCUT2D eigenvalue weighted by atomic mass is 10.1. The van der Waals surface area contributed by atoms with Crippen LogP contribution >= 0.6 is 0 Å².